The number of benzene rings is 1. The number of hydrogen-bond acceptors (Lipinski definition) is 3. The molecule has 0 fully saturated rings. The largest absolute Gasteiger partial charge is 0.496 e. The Bertz CT molecular complexity index is 327. The molecule has 0 bridgehead atoms. The Hall–Kier alpha value is -1.65. The summed E-state index contributed by atoms with van der Waals surface area (Å²) in [4.78, 5) is 9.58. The van der Waals surface area contributed by atoms with Crippen LogP contribution >= 0.6 is 0 Å². The molecule has 5 heteroatoms. The minimum Gasteiger partial charge on any atom is -0.496 e. The van der Waals surface area contributed by atoms with E-state index in [1.165, 1.54) is 25.3 Å². The van der Waals surface area contributed by atoms with Crippen LogP contribution in [0.25, 0.3) is 0 Å². The third kappa shape index (κ3) is 2.14. The van der Waals surface area contributed by atoms with Crippen LogP contribution in [-0.4, -0.2) is 12.0 Å². The zero-order valence-corrected chi connectivity index (χ0v) is 6.99. The summed E-state index contributed by atoms with van der Waals surface area (Å²) in [5.74, 6) is -0.409. The minimum atomic E-state index is -0.615. The smallest absolute Gasteiger partial charge is 0.235 e. The van der Waals surface area contributed by atoms with Crippen molar-refractivity contribution in [2.45, 2.75) is 6.54 Å². The van der Waals surface area contributed by atoms with Crippen molar-refractivity contribution in [1.82, 2.24) is 0 Å². The highest BCUT2D eigenvalue weighted by molar-refractivity contribution is 5.33. The first-order valence-electron chi connectivity index (χ1n) is 3.58. The molecule has 0 saturated carbocycles. The summed E-state index contributed by atoms with van der Waals surface area (Å²) in [7, 11) is 1.35. The number of methoxy groups -OCH3 is 1. The van der Waals surface area contributed by atoms with E-state index in [4.69, 9.17) is 4.74 Å². The molecule has 0 radical (unpaired) electrons. The number of ether oxygens (including phenoxy) is 1. The van der Waals surface area contributed by atoms with Gasteiger partial charge >= 0.3 is 0 Å². The molecular formula is C8H8FNO3. The molecule has 0 saturated heterocycles. The summed E-state index contributed by atoms with van der Waals surface area (Å²) >= 11 is 0. The van der Waals surface area contributed by atoms with Gasteiger partial charge in [-0.25, -0.2) is 4.39 Å². The molecule has 0 amide bonds. The summed E-state index contributed by atoms with van der Waals surface area (Å²) in [5.41, 5.74) is -0.0185. The number of halogens is 1. The van der Waals surface area contributed by atoms with Gasteiger partial charge in [0.1, 0.15) is 11.6 Å². The molecule has 0 aliphatic carbocycles. The molecule has 0 atom stereocenters. The zero-order chi connectivity index (χ0) is 9.84. The average molecular weight is 185 g/mol. The Balaban J connectivity index is 3.07. The molecule has 4 nitrogen and oxygen atoms in total. The van der Waals surface area contributed by atoms with Crippen molar-refractivity contribution in [3.63, 3.8) is 0 Å². The maximum atomic E-state index is 13.0. The maximum Gasteiger partial charge on any atom is 0.235 e. The van der Waals surface area contributed by atoms with E-state index in [1.807, 2.05) is 0 Å². The standard InChI is InChI=1S/C8H8FNO3/c1-13-8-4-2-3-7(9)6(8)5-10(11)12/h2-4H,5H2,1H3. The lowest BCUT2D eigenvalue weighted by molar-refractivity contribution is -0.497. The van der Waals surface area contributed by atoms with Gasteiger partial charge < -0.3 is 4.74 Å². The van der Waals surface area contributed by atoms with E-state index in [-0.39, 0.29) is 11.3 Å². The average Bonchev–Trinajstić information content (AvgIpc) is 2.08. The van der Waals surface area contributed by atoms with Gasteiger partial charge in [-0.3, -0.25) is 10.1 Å². The first-order valence-corrected chi connectivity index (χ1v) is 3.58. The Morgan fingerprint density at radius 1 is 1.62 bits per heavy atom. The lowest BCUT2D eigenvalue weighted by Gasteiger charge is -2.04. The topological polar surface area (TPSA) is 52.4 Å². The molecule has 0 N–H and O–H groups in total. The van der Waals surface area contributed by atoms with Crippen LogP contribution in [-0.2, 0) is 6.54 Å². The molecule has 0 heterocycles. The fourth-order valence-electron chi connectivity index (χ4n) is 1.01. The fraction of sp³-hybridized carbons (Fsp3) is 0.250. The van der Waals surface area contributed by atoms with Gasteiger partial charge in [-0.15, -0.1) is 0 Å². The molecule has 0 unspecified atom stereocenters. The second-order valence-electron chi connectivity index (χ2n) is 2.41. The SMILES string of the molecule is COc1cccc(F)c1C[N+](=O)[O-]. The highest BCUT2D eigenvalue weighted by Crippen LogP contribution is 2.21. The van der Waals surface area contributed by atoms with Crippen molar-refractivity contribution in [2.75, 3.05) is 7.11 Å². The quantitative estimate of drug-likeness (QED) is 0.531. The third-order valence-electron chi connectivity index (χ3n) is 1.58. The van der Waals surface area contributed by atoms with E-state index < -0.39 is 17.3 Å². The van der Waals surface area contributed by atoms with Crippen LogP contribution in [0.4, 0.5) is 4.39 Å². The molecule has 70 valence electrons. The highest BCUT2D eigenvalue weighted by atomic mass is 19.1. The number of hydrogen-bond donors (Lipinski definition) is 0. The van der Waals surface area contributed by atoms with E-state index in [0.29, 0.717) is 0 Å². The molecule has 1 rings (SSSR count). The lowest BCUT2D eigenvalue weighted by atomic mass is 10.2. The van der Waals surface area contributed by atoms with Crippen LogP contribution in [0.5, 0.6) is 5.75 Å². The predicted octanol–water partition coefficient (Wildman–Crippen LogP) is 1.61. The van der Waals surface area contributed by atoms with Crippen molar-refractivity contribution >= 4 is 0 Å². The van der Waals surface area contributed by atoms with E-state index in [0.717, 1.165) is 0 Å². The third-order valence-corrected chi connectivity index (χ3v) is 1.58. The van der Waals surface area contributed by atoms with Crippen molar-refractivity contribution in [1.29, 1.82) is 0 Å². The van der Waals surface area contributed by atoms with Crippen LogP contribution in [0.3, 0.4) is 0 Å². The van der Waals surface area contributed by atoms with Crippen LogP contribution < -0.4 is 4.74 Å². The summed E-state index contributed by atoms with van der Waals surface area (Å²) in [6, 6.07) is 4.10. The van der Waals surface area contributed by atoms with Gasteiger partial charge in [-0.1, -0.05) is 6.07 Å². The number of rotatable bonds is 3. The van der Waals surface area contributed by atoms with Crippen molar-refractivity contribution < 1.29 is 14.1 Å². The Morgan fingerprint density at radius 3 is 2.85 bits per heavy atom. The maximum absolute atomic E-state index is 13.0. The van der Waals surface area contributed by atoms with E-state index in [2.05, 4.69) is 0 Å². The van der Waals surface area contributed by atoms with Gasteiger partial charge in [-0.05, 0) is 12.1 Å². The Labute approximate surface area is 74.1 Å². The van der Waals surface area contributed by atoms with Gasteiger partial charge in [0, 0.05) is 4.92 Å². The second-order valence-corrected chi connectivity index (χ2v) is 2.41. The summed E-state index contributed by atoms with van der Waals surface area (Å²) in [6.45, 7) is -0.560. The summed E-state index contributed by atoms with van der Waals surface area (Å²) in [6.07, 6.45) is 0. The molecule has 0 aliphatic rings. The Morgan fingerprint density at radius 2 is 2.31 bits per heavy atom. The summed E-state index contributed by atoms with van der Waals surface area (Å²) < 4.78 is 17.8. The van der Waals surface area contributed by atoms with Crippen molar-refractivity contribution in [2.24, 2.45) is 0 Å². The monoisotopic (exact) mass is 185 g/mol. The van der Waals surface area contributed by atoms with Crippen LogP contribution in [0.2, 0.25) is 0 Å². The van der Waals surface area contributed by atoms with Gasteiger partial charge in [0.25, 0.3) is 0 Å². The number of nitro groups is 1. The second kappa shape index (κ2) is 3.84. The van der Waals surface area contributed by atoms with E-state index >= 15 is 0 Å². The molecule has 1 aromatic rings. The molecule has 0 spiro atoms. The molecule has 1 aromatic carbocycles. The molecule has 0 aliphatic heterocycles. The molecule has 0 aromatic heterocycles. The van der Waals surface area contributed by atoms with Crippen LogP contribution in [0.1, 0.15) is 5.56 Å². The molecule has 13 heavy (non-hydrogen) atoms. The molecular weight excluding hydrogens is 177 g/mol. The first kappa shape index (κ1) is 9.44. The predicted molar refractivity (Wildman–Crippen MR) is 43.7 cm³/mol. The normalized spacial score (nSPS) is 9.69. The van der Waals surface area contributed by atoms with E-state index in [1.54, 1.807) is 0 Å². The van der Waals surface area contributed by atoms with Crippen LogP contribution in [0.15, 0.2) is 18.2 Å². The van der Waals surface area contributed by atoms with Gasteiger partial charge in [0.15, 0.2) is 0 Å². The first-order chi connectivity index (χ1) is 6.15. The lowest BCUT2D eigenvalue weighted by Crippen LogP contribution is -2.03. The van der Waals surface area contributed by atoms with Gasteiger partial charge in [-0.2, -0.15) is 0 Å². The zero-order valence-electron chi connectivity index (χ0n) is 6.99. The number of nitrogens with zero attached hydrogens (tertiary/aromatic N) is 1. The Kier molecular flexibility index (Phi) is 2.79. The van der Waals surface area contributed by atoms with Crippen molar-refractivity contribution in [3.8, 4) is 5.75 Å². The van der Waals surface area contributed by atoms with Gasteiger partial charge in [0.2, 0.25) is 6.54 Å². The van der Waals surface area contributed by atoms with Gasteiger partial charge in [0.05, 0.1) is 12.7 Å². The van der Waals surface area contributed by atoms with Crippen molar-refractivity contribution in [3.05, 3.63) is 39.7 Å². The highest BCUT2D eigenvalue weighted by Gasteiger charge is 2.13. The van der Waals surface area contributed by atoms with Crippen LogP contribution in [0, 0.1) is 15.9 Å². The fourth-order valence-corrected chi connectivity index (χ4v) is 1.01. The summed E-state index contributed by atoms with van der Waals surface area (Å²) in [5, 5.41) is 10.2. The van der Waals surface area contributed by atoms with E-state index in [9.17, 15) is 14.5 Å². The minimum absolute atomic E-state index is 0.0185.